The number of ether oxygens (including phenoxy) is 2. The largest absolute Gasteiger partial charge is 0.480 e. The molecule has 1 aliphatic carbocycles. The fourth-order valence-corrected chi connectivity index (χ4v) is 5.99. The minimum Gasteiger partial charge on any atom is -0.459 e. The van der Waals surface area contributed by atoms with Crippen LogP contribution < -0.4 is 14.8 Å². The van der Waals surface area contributed by atoms with E-state index in [9.17, 15) is 52.8 Å². The van der Waals surface area contributed by atoms with Crippen molar-refractivity contribution in [1.82, 2.24) is 4.58 Å². The van der Waals surface area contributed by atoms with Gasteiger partial charge in [-0.1, -0.05) is 24.8 Å². The molecule has 0 saturated carbocycles. The first kappa shape index (κ1) is 41.5. The summed E-state index contributed by atoms with van der Waals surface area (Å²) in [5.41, 5.74) is -7.50. The van der Waals surface area contributed by atoms with Gasteiger partial charge in [0.1, 0.15) is 38.7 Å². The first-order valence-electron chi connectivity index (χ1n) is 14.5. The SMILES string of the molecule is C=C(C)C(=O)OCCOC(=O)c1ccccc1-c1c2ccc(=[N+](C)C)cc-2oc2cc(N(C)C)ccc12.O=S(=O)([N-]S(=O)(=O)C(F)(F)F)C(F)(F)F. The number of carbonyl (C=O) groups excluding carboxylic acids is 2. The van der Waals surface area contributed by atoms with Crippen molar-refractivity contribution in [2.75, 3.05) is 46.3 Å². The molecule has 0 unspecified atom stereocenters. The highest BCUT2D eigenvalue weighted by Gasteiger charge is 2.47. The fraction of sp³-hybridized carbons (Fsp3) is 0.281. The average molecular weight is 780 g/mol. The van der Waals surface area contributed by atoms with Crippen LogP contribution in [0.2, 0.25) is 0 Å². The Kier molecular flexibility index (Phi) is 12.6. The molecule has 2 aromatic rings. The molecule has 52 heavy (non-hydrogen) atoms. The second kappa shape index (κ2) is 15.7. The van der Waals surface area contributed by atoms with Crippen LogP contribution in [0, 0.1) is 0 Å². The summed E-state index contributed by atoms with van der Waals surface area (Å²) in [6.07, 6.45) is 0. The average Bonchev–Trinajstić information content (AvgIpc) is 3.03. The number of alkyl halides is 6. The van der Waals surface area contributed by atoms with Gasteiger partial charge in [0, 0.05) is 54.0 Å². The lowest BCUT2D eigenvalue weighted by molar-refractivity contribution is -0.140. The van der Waals surface area contributed by atoms with Crippen molar-refractivity contribution >= 4 is 48.6 Å². The van der Waals surface area contributed by atoms with Crippen molar-refractivity contribution in [2.24, 2.45) is 0 Å². The topological polar surface area (TPSA) is 154 Å². The van der Waals surface area contributed by atoms with Gasteiger partial charge in [0.2, 0.25) is 5.36 Å². The third-order valence-corrected chi connectivity index (χ3v) is 9.56. The number of sulfonamides is 2. The molecule has 1 aliphatic heterocycles. The summed E-state index contributed by atoms with van der Waals surface area (Å²) in [5.74, 6) is -0.310. The highest BCUT2D eigenvalue weighted by atomic mass is 32.3. The zero-order valence-electron chi connectivity index (χ0n) is 28.0. The van der Waals surface area contributed by atoms with Gasteiger partial charge in [-0.25, -0.2) is 31.0 Å². The van der Waals surface area contributed by atoms with E-state index in [2.05, 4.69) is 6.58 Å². The molecule has 0 atom stereocenters. The molecule has 0 N–H and O–H groups in total. The Hall–Kier alpha value is -4.95. The van der Waals surface area contributed by atoms with Crippen molar-refractivity contribution < 1.29 is 66.7 Å². The second-order valence-electron chi connectivity index (χ2n) is 11.1. The molecular weight excluding hydrogens is 748 g/mol. The predicted octanol–water partition coefficient (Wildman–Crippen LogP) is 5.64. The normalized spacial score (nSPS) is 12.1. The molecule has 20 heteroatoms. The zero-order chi connectivity index (χ0) is 39.4. The molecule has 0 amide bonds. The maximum Gasteiger partial charge on any atom is 0.480 e. The predicted molar refractivity (Wildman–Crippen MR) is 179 cm³/mol. The summed E-state index contributed by atoms with van der Waals surface area (Å²) in [6, 6.07) is 19.4. The number of benzene rings is 3. The maximum absolute atomic E-state index is 13.2. The number of fused-ring (bicyclic) bond motifs is 2. The Labute approximate surface area is 294 Å². The molecule has 0 saturated heterocycles. The second-order valence-corrected chi connectivity index (χ2v) is 14.6. The van der Waals surface area contributed by atoms with Crippen molar-refractivity contribution in [3.05, 3.63) is 87.9 Å². The third kappa shape index (κ3) is 9.68. The monoisotopic (exact) mass is 779 g/mol. The number of rotatable bonds is 9. The Morgan fingerprint density at radius 3 is 1.96 bits per heavy atom. The van der Waals surface area contributed by atoms with Crippen LogP contribution in [0.4, 0.5) is 32.0 Å². The first-order chi connectivity index (χ1) is 23.9. The van der Waals surface area contributed by atoms with E-state index in [0.717, 1.165) is 37.2 Å². The number of carbonyl (C=O) groups is 2. The maximum atomic E-state index is 13.2. The van der Waals surface area contributed by atoms with Gasteiger partial charge >= 0.3 is 23.0 Å². The smallest absolute Gasteiger partial charge is 0.459 e. The summed E-state index contributed by atoms with van der Waals surface area (Å²) in [5, 5.41) is 1.88. The van der Waals surface area contributed by atoms with E-state index in [1.54, 1.807) is 19.1 Å². The van der Waals surface area contributed by atoms with Gasteiger partial charge in [-0.05, 0) is 36.8 Å². The van der Waals surface area contributed by atoms with Crippen LogP contribution in [0.25, 0.3) is 37.5 Å². The van der Waals surface area contributed by atoms with Crippen LogP contribution >= 0.6 is 0 Å². The van der Waals surface area contributed by atoms with Gasteiger partial charge in [0.25, 0.3) is 0 Å². The Balaban J connectivity index is 0.000000411. The number of nitrogens with zero attached hydrogens (tertiary/aromatic N) is 3. The summed E-state index contributed by atoms with van der Waals surface area (Å²) >= 11 is 0. The first-order valence-corrected chi connectivity index (χ1v) is 17.4. The Morgan fingerprint density at radius 2 is 1.42 bits per heavy atom. The molecule has 0 fully saturated rings. The molecule has 2 aliphatic rings. The quantitative estimate of drug-likeness (QED) is 0.0521. The van der Waals surface area contributed by atoms with E-state index in [1.165, 1.54) is 0 Å². The third-order valence-electron chi connectivity index (χ3n) is 6.82. The molecule has 1 heterocycles. The Morgan fingerprint density at radius 1 is 0.846 bits per heavy atom. The van der Waals surface area contributed by atoms with E-state index in [0.29, 0.717) is 22.5 Å². The van der Waals surface area contributed by atoms with E-state index in [4.69, 9.17) is 13.9 Å². The number of hydrogen-bond donors (Lipinski definition) is 0. The minimum atomic E-state index is -6.72. The van der Waals surface area contributed by atoms with Crippen LogP contribution in [-0.4, -0.2) is 81.2 Å². The van der Waals surface area contributed by atoms with Gasteiger partial charge in [0.05, 0.1) is 11.6 Å². The van der Waals surface area contributed by atoms with Gasteiger partial charge < -0.3 is 22.9 Å². The molecular formula is C32H31F6N3O9S2. The van der Waals surface area contributed by atoms with Crippen LogP contribution in [0.5, 0.6) is 0 Å². The van der Waals surface area contributed by atoms with E-state index >= 15 is 0 Å². The number of esters is 2. The molecule has 0 bridgehead atoms. The van der Waals surface area contributed by atoms with Gasteiger partial charge in [-0.2, -0.15) is 26.3 Å². The van der Waals surface area contributed by atoms with E-state index < -0.39 is 43.0 Å². The zero-order valence-corrected chi connectivity index (χ0v) is 29.6. The lowest BCUT2D eigenvalue weighted by atomic mass is 9.90. The molecule has 0 aromatic heterocycles. The highest BCUT2D eigenvalue weighted by Crippen LogP contribution is 2.42. The van der Waals surface area contributed by atoms with E-state index in [1.807, 2.05) is 86.2 Å². The van der Waals surface area contributed by atoms with Gasteiger partial charge in [0.15, 0.2) is 20.0 Å². The molecule has 4 rings (SSSR count). The summed E-state index contributed by atoms with van der Waals surface area (Å²) in [7, 11) is -5.53. The molecule has 282 valence electrons. The summed E-state index contributed by atoms with van der Waals surface area (Å²) in [6.45, 7) is 5.01. The fourth-order valence-electron chi connectivity index (χ4n) is 4.28. The highest BCUT2D eigenvalue weighted by molar-refractivity contribution is 8.13. The van der Waals surface area contributed by atoms with Crippen LogP contribution in [0.3, 0.4) is 0 Å². The van der Waals surface area contributed by atoms with Crippen molar-refractivity contribution in [2.45, 2.75) is 17.9 Å². The number of halogens is 6. The summed E-state index contributed by atoms with van der Waals surface area (Å²) < 4.78 is 128. The number of anilines is 1. The minimum absolute atomic E-state index is 0.0453. The standard InChI is InChI=1S/C30H31N2O5.C2F6NO4S2/c1-19(2)29(33)35-15-16-36-30(34)23-10-8-7-9-22(23)28-24-13-11-20(31(3)4)17-26(24)37-27-18-21(32(5)6)12-14-25(27)28;3-1(4,5)14(10,11)9-15(12,13)2(6,7)8/h7-14,17-18H,1,15-16H2,2-6H3;/q+1;-1. The van der Waals surface area contributed by atoms with Crippen LogP contribution in [0.1, 0.15) is 17.3 Å². The van der Waals surface area contributed by atoms with Crippen LogP contribution in [-0.2, 0) is 34.3 Å². The molecule has 0 spiro atoms. The van der Waals surface area contributed by atoms with Crippen molar-refractivity contribution in [3.63, 3.8) is 0 Å². The summed E-state index contributed by atoms with van der Waals surface area (Å²) in [4.78, 5) is 26.8. The van der Waals surface area contributed by atoms with Crippen molar-refractivity contribution in [3.8, 4) is 22.5 Å². The van der Waals surface area contributed by atoms with Crippen LogP contribution in [0.15, 0.2) is 77.2 Å². The van der Waals surface area contributed by atoms with Gasteiger partial charge in [-0.15, -0.1) is 0 Å². The molecule has 0 radical (unpaired) electrons. The van der Waals surface area contributed by atoms with Gasteiger partial charge in [-0.3, -0.25) is 0 Å². The molecule has 12 nitrogen and oxygen atoms in total. The molecule has 2 aromatic carbocycles. The Bertz CT molecular complexity index is 2220. The lowest BCUT2D eigenvalue weighted by Crippen LogP contribution is -2.30. The lowest BCUT2D eigenvalue weighted by Gasteiger charge is -2.22. The van der Waals surface area contributed by atoms with E-state index in [-0.39, 0.29) is 13.2 Å². The van der Waals surface area contributed by atoms with Crippen molar-refractivity contribution in [1.29, 1.82) is 0 Å². The number of hydrogen-bond acceptors (Lipinski definition) is 10.